The Bertz CT molecular complexity index is 179. The zero-order valence-electron chi connectivity index (χ0n) is 14.2. The summed E-state index contributed by atoms with van der Waals surface area (Å²) in [4.78, 5) is 0. The molecule has 0 aliphatic rings. The fourth-order valence-electron chi connectivity index (χ4n) is 2.98. The van der Waals surface area contributed by atoms with E-state index in [2.05, 4.69) is 33.0 Å². The van der Waals surface area contributed by atoms with E-state index in [0.29, 0.717) is 5.41 Å². The Hall–Kier alpha value is -0.0400. The van der Waals surface area contributed by atoms with Gasteiger partial charge in [-0.25, -0.2) is 0 Å². The third kappa shape index (κ3) is 11.5. The molecule has 19 heavy (non-hydrogen) atoms. The first-order valence-electron chi connectivity index (χ1n) is 8.89. The Labute approximate surface area is 122 Å². The largest absolute Gasteiger partial charge is 0.316 e. The van der Waals surface area contributed by atoms with Crippen LogP contribution in [0.25, 0.3) is 0 Å². The normalized spacial score (nSPS) is 14.5. The van der Waals surface area contributed by atoms with E-state index in [4.69, 9.17) is 0 Å². The summed E-state index contributed by atoms with van der Waals surface area (Å²) in [7, 11) is 0. The minimum Gasteiger partial charge on any atom is -0.316 e. The number of rotatable bonds is 14. The van der Waals surface area contributed by atoms with E-state index in [1.165, 1.54) is 83.7 Å². The van der Waals surface area contributed by atoms with Crippen molar-refractivity contribution in [2.24, 2.45) is 5.41 Å². The number of nitrogens with one attached hydrogen (secondary N) is 1. The van der Waals surface area contributed by atoms with E-state index in [1.807, 2.05) is 0 Å². The highest BCUT2D eigenvalue weighted by molar-refractivity contribution is 4.76. The molecule has 0 bridgehead atoms. The first kappa shape index (κ1) is 19.0. The smallest absolute Gasteiger partial charge is 0.000516 e. The van der Waals surface area contributed by atoms with Gasteiger partial charge >= 0.3 is 0 Å². The van der Waals surface area contributed by atoms with Gasteiger partial charge in [0.25, 0.3) is 0 Å². The second-order valence-electron chi connectivity index (χ2n) is 6.61. The Morgan fingerprint density at radius 1 is 0.684 bits per heavy atom. The molecular weight excluding hydrogens is 230 g/mol. The van der Waals surface area contributed by atoms with Gasteiger partial charge < -0.3 is 5.32 Å². The average Bonchev–Trinajstić information content (AvgIpc) is 2.38. The van der Waals surface area contributed by atoms with Crippen LogP contribution in [0.15, 0.2) is 0 Å². The van der Waals surface area contributed by atoms with Crippen molar-refractivity contribution in [3.8, 4) is 0 Å². The summed E-state index contributed by atoms with van der Waals surface area (Å²) in [5, 5.41) is 3.63. The van der Waals surface area contributed by atoms with Gasteiger partial charge in [-0.2, -0.15) is 0 Å². The molecular formula is C18H39N. The van der Waals surface area contributed by atoms with Crippen molar-refractivity contribution in [3.05, 3.63) is 0 Å². The summed E-state index contributed by atoms with van der Waals surface area (Å²) in [6.07, 6.45) is 15.3. The molecule has 0 spiro atoms. The molecule has 0 amide bonds. The number of unbranched alkanes of at least 4 members (excludes halogenated alkanes) is 6. The van der Waals surface area contributed by atoms with Crippen LogP contribution in [-0.4, -0.2) is 13.1 Å². The van der Waals surface area contributed by atoms with E-state index in [9.17, 15) is 0 Å². The van der Waals surface area contributed by atoms with Crippen LogP contribution in [0.5, 0.6) is 0 Å². The average molecular weight is 270 g/mol. The van der Waals surface area contributed by atoms with Crippen molar-refractivity contribution in [3.63, 3.8) is 0 Å². The Balaban J connectivity index is 3.68. The topological polar surface area (TPSA) is 12.0 Å². The van der Waals surface area contributed by atoms with Gasteiger partial charge in [-0.1, -0.05) is 79.1 Å². The fourth-order valence-corrected chi connectivity index (χ4v) is 2.98. The summed E-state index contributed by atoms with van der Waals surface area (Å²) in [5.41, 5.74) is 0.535. The lowest BCUT2D eigenvalue weighted by molar-refractivity contribution is 0.246. The van der Waals surface area contributed by atoms with Gasteiger partial charge in [0, 0.05) is 6.54 Å². The maximum Gasteiger partial charge on any atom is 0.000516 e. The van der Waals surface area contributed by atoms with Gasteiger partial charge in [-0.05, 0) is 31.2 Å². The first-order valence-corrected chi connectivity index (χ1v) is 8.89. The van der Waals surface area contributed by atoms with E-state index in [-0.39, 0.29) is 0 Å². The highest BCUT2D eigenvalue weighted by Gasteiger charge is 2.21. The Kier molecular flexibility index (Phi) is 12.9. The molecule has 1 unspecified atom stereocenters. The minimum absolute atomic E-state index is 0.535. The van der Waals surface area contributed by atoms with Crippen molar-refractivity contribution in [1.29, 1.82) is 0 Å². The standard InChI is InChI=1S/C18H39N/c1-5-8-9-10-11-12-13-15-18(4,14-6-2)17-19-16-7-3/h19H,5-17H2,1-4H3. The minimum atomic E-state index is 0.535. The molecule has 0 saturated heterocycles. The molecule has 0 aromatic heterocycles. The van der Waals surface area contributed by atoms with Gasteiger partial charge in [0.05, 0.1) is 0 Å². The fraction of sp³-hybridized carbons (Fsp3) is 1.00. The van der Waals surface area contributed by atoms with E-state index in [1.54, 1.807) is 0 Å². The lowest BCUT2D eigenvalue weighted by Crippen LogP contribution is -2.32. The summed E-state index contributed by atoms with van der Waals surface area (Å²) >= 11 is 0. The maximum absolute atomic E-state index is 3.63. The Morgan fingerprint density at radius 3 is 1.89 bits per heavy atom. The van der Waals surface area contributed by atoms with Gasteiger partial charge in [-0.3, -0.25) is 0 Å². The molecule has 0 fully saturated rings. The third-order valence-corrected chi connectivity index (χ3v) is 4.22. The maximum atomic E-state index is 3.63. The van der Waals surface area contributed by atoms with Crippen LogP contribution in [0.1, 0.15) is 98.3 Å². The molecule has 0 rings (SSSR count). The monoisotopic (exact) mass is 269 g/mol. The molecule has 0 aliphatic carbocycles. The van der Waals surface area contributed by atoms with E-state index < -0.39 is 0 Å². The molecule has 1 heteroatoms. The molecule has 1 nitrogen and oxygen atoms in total. The molecule has 1 N–H and O–H groups in total. The molecule has 1 atom stereocenters. The molecule has 116 valence electrons. The van der Waals surface area contributed by atoms with Crippen molar-refractivity contribution in [2.45, 2.75) is 98.3 Å². The quantitative estimate of drug-likeness (QED) is 0.385. The van der Waals surface area contributed by atoms with Gasteiger partial charge in [-0.15, -0.1) is 0 Å². The van der Waals surface area contributed by atoms with Crippen LogP contribution in [0.4, 0.5) is 0 Å². The number of hydrogen-bond acceptors (Lipinski definition) is 1. The molecule has 0 heterocycles. The van der Waals surface area contributed by atoms with Crippen molar-refractivity contribution < 1.29 is 0 Å². The SMILES string of the molecule is CCCCCCCCCC(C)(CCC)CNCCC. The zero-order chi connectivity index (χ0) is 14.4. The van der Waals surface area contributed by atoms with Crippen LogP contribution in [0.2, 0.25) is 0 Å². The second-order valence-corrected chi connectivity index (χ2v) is 6.61. The lowest BCUT2D eigenvalue weighted by Gasteiger charge is -2.30. The van der Waals surface area contributed by atoms with Crippen LogP contribution >= 0.6 is 0 Å². The summed E-state index contributed by atoms with van der Waals surface area (Å²) in [5.74, 6) is 0. The first-order chi connectivity index (χ1) is 9.18. The van der Waals surface area contributed by atoms with Gasteiger partial charge in [0.2, 0.25) is 0 Å². The third-order valence-electron chi connectivity index (χ3n) is 4.22. The van der Waals surface area contributed by atoms with E-state index in [0.717, 1.165) is 0 Å². The zero-order valence-corrected chi connectivity index (χ0v) is 14.2. The molecule has 0 aromatic rings. The highest BCUT2D eigenvalue weighted by Crippen LogP contribution is 2.29. The van der Waals surface area contributed by atoms with Crippen molar-refractivity contribution >= 4 is 0 Å². The van der Waals surface area contributed by atoms with Gasteiger partial charge in [0.1, 0.15) is 0 Å². The van der Waals surface area contributed by atoms with Crippen LogP contribution in [0.3, 0.4) is 0 Å². The van der Waals surface area contributed by atoms with Crippen LogP contribution < -0.4 is 5.32 Å². The van der Waals surface area contributed by atoms with E-state index >= 15 is 0 Å². The molecule has 0 saturated carbocycles. The van der Waals surface area contributed by atoms with Gasteiger partial charge in [0.15, 0.2) is 0 Å². The summed E-state index contributed by atoms with van der Waals surface area (Å²) < 4.78 is 0. The summed E-state index contributed by atoms with van der Waals surface area (Å²) in [6.45, 7) is 11.7. The lowest BCUT2D eigenvalue weighted by atomic mass is 9.80. The summed E-state index contributed by atoms with van der Waals surface area (Å²) in [6, 6.07) is 0. The molecule has 0 aromatic carbocycles. The molecule has 0 radical (unpaired) electrons. The Morgan fingerprint density at radius 2 is 1.32 bits per heavy atom. The highest BCUT2D eigenvalue weighted by atomic mass is 14.9. The molecule has 0 aliphatic heterocycles. The van der Waals surface area contributed by atoms with Crippen molar-refractivity contribution in [1.82, 2.24) is 5.32 Å². The predicted molar refractivity (Wildman–Crippen MR) is 88.8 cm³/mol. The number of hydrogen-bond donors (Lipinski definition) is 1. The predicted octanol–water partition coefficient (Wildman–Crippen LogP) is 5.93. The van der Waals surface area contributed by atoms with Crippen LogP contribution in [0, 0.1) is 5.41 Å². The van der Waals surface area contributed by atoms with Crippen molar-refractivity contribution in [2.75, 3.05) is 13.1 Å². The second kappa shape index (κ2) is 13.0. The van der Waals surface area contributed by atoms with Crippen LogP contribution in [-0.2, 0) is 0 Å².